The molecule has 1 aliphatic heterocycles. The molecule has 6 heteroatoms. The Morgan fingerprint density at radius 3 is 3.14 bits per heavy atom. The molecule has 0 bridgehead atoms. The molecule has 0 saturated carbocycles. The van der Waals surface area contributed by atoms with Gasteiger partial charge in [0.05, 0.1) is 11.2 Å². The number of fused-ring (bicyclic) bond motifs is 1. The lowest BCUT2D eigenvalue weighted by atomic mass is 9.97. The molecule has 0 unspecified atom stereocenters. The summed E-state index contributed by atoms with van der Waals surface area (Å²) in [6.45, 7) is 3.84. The van der Waals surface area contributed by atoms with Gasteiger partial charge in [-0.1, -0.05) is 6.92 Å². The van der Waals surface area contributed by atoms with E-state index in [9.17, 15) is 4.79 Å². The van der Waals surface area contributed by atoms with Crippen LogP contribution < -0.4 is 0 Å². The molecule has 0 saturated heterocycles. The molecule has 112 valence electrons. The van der Waals surface area contributed by atoms with Gasteiger partial charge in [-0.15, -0.1) is 11.3 Å². The van der Waals surface area contributed by atoms with Gasteiger partial charge in [0.15, 0.2) is 0 Å². The minimum absolute atomic E-state index is 0.0844. The van der Waals surface area contributed by atoms with E-state index in [1.165, 1.54) is 11.3 Å². The molecule has 0 fully saturated rings. The number of nitrogens with zero attached hydrogens (tertiary/aromatic N) is 4. The van der Waals surface area contributed by atoms with Gasteiger partial charge in [-0.2, -0.15) is 0 Å². The van der Waals surface area contributed by atoms with Crippen molar-refractivity contribution in [3.05, 3.63) is 34.3 Å². The van der Waals surface area contributed by atoms with Crippen LogP contribution in [0.5, 0.6) is 0 Å². The third kappa shape index (κ3) is 3.00. The summed E-state index contributed by atoms with van der Waals surface area (Å²) < 4.78 is 2.20. The Morgan fingerprint density at radius 1 is 1.52 bits per heavy atom. The van der Waals surface area contributed by atoms with Gasteiger partial charge in [-0.05, 0) is 18.8 Å². The number of aromatic nitrogens is 3. The summed E-state index contributed by atoms with van der Waals surface area (Å²) >= 11 is 1.50. The zero-order chi connectivity index (χ0) is 14.8. The lowest BCUT2D eigenvalue weighted by Crippen LogP contribution is -2.34. The number of aryl methyl sites for hydroxylation is 2. The molecule has 5 nitrogen and oxygen atoms in total. The molecule has 1 amide bonds. The van der Waals surface area contributed by atoms with E-state index >= 15 is 0 Å². The molecule has 3 heterocycles. The second-order valence-electron chi connectivity index (χ2n) is 5.55. The first-order valence-corrected chi connectivity index (χ1v) is 8.19. The zero-order valence-corrected chi connectivity index (χ0v) is 13.3. The van der Waals surface area contributed by atoms with E-state index in [1.54, 1.807) is 6.20 Å². The summed E-state index contributed by atoms with van der Waals surface area (Å²) in [6.07, 6.45) is 8.53. The predicted octanol–water partition coefficient (Wildman–Crippen LogP) is 2.24. The number of amides is 1. The molecular weight excluding hydrogens is 284 g/mol. The van der Waals surface area contributed by atoms with E-state index in [2.05, 4.69) is 21.5 Å². The molecule has 21 heavy (non-hydrogen) atoms. The smallest absolute Gasteiger partial charge is 0.265 e. The van der Waals surface area contributed by atoms with Crippen LogP contribution in [0, 0.1) is 5.92 Å². The summed E-state index contributed by atoms with van der Waals surface area (Å²) in [5.74, 6) is 1.71. The highest BCUT2D eigenvalue weighted by Crippen LogP contribution is 2.21. The monoisotopic (exact) mass is 304 g/mol. The van der Waals surface area contributed by atoms with Crippen LogP contribution in [0.2, 0.25) is 0 Å². The number of rotatable bonds is 4. The zero-order valence-electron chi connectivity index (χ0n) is 12.5. The van der Waals surface area contributed by atoms with E-state index in [0.29, 0.717) is 5.92 Å². The van der Waals surface area contributed by atoms with Gasteiger partial charge in [0.25, 0.3) is 5.91 Å². The Morgan fingerprint density at radius 2 is 2.38 bits per heavy atom. The summed E-state index contributed by atoms with van der Waals surface area (Å²) in [5.41, 5.74) is 0. The fourth-order valence-corrected chi connectivity index (χ4v) is 3.65. The minimum atomic E-state index is 0.0844. The lowest BCUT2D eigenvalue weighted by Gasteiger charge is -2.27. The third-order valence-corrected chi connectivity index (χ3v) is 5.13. The van der Waals surface area contributed by atoms with Crippen LogP contribution in [0.15, 0.2) is 18.6 Å². The minimum Gasteiger partial charge on any atom is -0.341 e. The Bertz CT molecular complexity index is 633. The molecule has 2 aromatic heterocycles. The second-order valence-corrected chi connectivity index (χ2v) is 6.67. The third-order valence-electron chi connectivity index (χ3n) is 4.00. The maximum absolute atomic E-state index is 12.4. The summed E-state index contributed by atoms with van der Waals surface area (Å²) in [7, 11) is 1.88. The quantitative estimate of drug-likeness (QED) is 0.870. The highest BCUT2D eigenvalue weighted by molar-refractivity contribution is 7.13. The first kappa shape index (κ1) is 14.3. The van der Waals surface area contributed by atoms with Crippen LogP contribution in [-0.2, 0) is 19.4 Å². The normalized spacial score (nSPS) is 17.5. The van der Waals surface area contributed by atoms with Crippen molar-refractivity contribution in [2.24, 2.45) is 5.92 Å². The molecule has 0 aromatic carbocycles. The highest BCUT2D eigenvalue weighted by atomic mass is 32.1. The fraction of sp³-hybridized carbons (Fsp3) is 0.533. The van der Waals surface area contributed by atoms with E-state index in [4.69, 9.17) is 0 Å². The maximum Gasteiger partial charge on any atom is 0.265 e. The van der Waals surface area contributed by atoms with Crippen molar-refractivity contribution in [1.82, 2.24) is 19.4 Å². The molecule has 0 spiro atoms. The number of carbonyl (C=O) groups excluding carboxylic acids is 1. The van der Waals surface area contributed by atoms with E-state index in [-0.39, 0.29) is 5.91 Å². The predicted molar refractivity (Wildman–Crippen MR) is 82.5 cm³/mol. The van der Waals surface area contributed by atoms with Crippen molar-refractivity contribution >= 4 is 17.2 Å². The topological polar surface area (TPSA) is 51.0 Å². The average Bonchev–Trinajstić information content (AvgIpc) is 3.14. The number of imidazole rings is 1. The van der Waals surface area contributed by atoms with E-state index in [0.717, 1.165) is 48.1 Å². The number of carbonyl (C=O) groups is 1. The van der Waals surface area contributed by atoms with Gasteiger partial charge in [-0.3, -0.25) is 4.79 Å². The summed E-state index contributed by atoms with van der Waals surface area (Å²) in [5, 5.41) is 1.02. The highest BCUT2D eigenvalue weighted by Gasteiger charge is 2.23. The molecule has 2 aromatic rings. The van der Waals surface area contributed by atoms with Gasteiger partial charge >= 0.3 is 0 Å². The SMILES string of the molecule is CCc1ncc(C(=O)N(C)C[C@H]2CCn3ccnc3C2)s1. The van der Waals surface area contributed by atoms with Crippen molar-refractivity contribution in [2.75, 3.05) is 13.6 Å². The van der Waals surface area contributed by atoms with Gasteiger partial charge in [0.1, 0.15) is 10.7 Å². The van der Waals surface area contributed by atoms with Gasteiger partial charge in [0.2, 0.25) is 0 Å². The van der Waals surface area contributed by atoms with Crippen molar-refractivity contribution in [1.29, 1.82) is 0 Å². The van der Waals surface area contributed by atoms with E-state index < -0.39 is 0 Å². The van der Waals surface area contributed by atoms with Crippen LogP contribution in [0.4, 0.5) is 0 Å². The van der Waals surface area contributed by atoms with Gasteiger partial charge in [-0.25, -0.2) is 9.97 Å². The van der Waals surface area contributed by atoms with Crippen molar-refractivity contribution in [2.45, 2.75) is 32.7 Å². The van der Waals surface area contributed by atoms with Gasteiger partial charge < -0.3 is 9.47 Å². The molecule has 0 radical (unpaired) electrons. The molecular formula is C15H20N4OS. The first-order chi connectivity index (χ1) is 10.2. The van der Waals surface area contributed by atoms with E-state index in [1.807, 2.05) is 24.3 Å². The maximum atomic E-state index is 12.4. The first-order valence-electron chi connectivity index (χ1n) is 7.37. The molecule has 0 aliphatic carbocycles. The molecule has 1 aliphatic rings. The summed E-state index contributed by atoms with van der Waals surface area (Å²) in [4.78, 5) is 23.6. The van der Waals surface area contributed by atoms with Crippen LogP contribution in [0.1, 0.15) is 33.8 Å². The largest absolute Gasteiger partial charge is 0.341 e. The van der Waals surface area contributed by atoms with Crippen molar-refractivity contribution < 1.29 is 4.79 Å². The lowest BCUT2D eigenvalue weighted by molar-refractivity contribution is 0.0768. The molecule has 3 rings (SSSR count). The van der Waals surface area contributed by atoms with Crippen LogP contribution in [0.25, 0.3) is 0 Å². The van der Waals surface area contributed by atoms with Crippen LogP contribution in [-0.4, -0.2) is 38.9 Å². The Kier molecular flexibility index (Phi) is 4.05. The Labute approximate surface area is 128 Å². The fourth-order valence-electron chi connectivity index (χ4n) is 2.80. The number of hydrogen-bond donors (Lipinski definition) is 0. The Balaban J connectivity index is 1.61. The van der Waals surface area contributed by atoms with Crippen LogP contribution >= 0.6 is 11.3 Å². The molecule has 1 atom stereocenters. The summed E-state index contributed by atoms with van der Waals surface area (Å²) in [6, 6.07) is 0. The Hall–Kier alpha value is -1.69. The number of thiazole rings is 1. The van der Waals surface area contributed by atoms with Crippen LogP contribution in [0.3, 0.4) is 0 Å². The standard InChI is InChI=1S/C15H20N4OS/c1-3-14-17-9-12(21-14)15(20)18(2)10-11-4-6-19-7-5-16-13(19)8-11/h5,7,9,11H,3-4,6,8,10H2,1-2H3/t11-/m0/s1. The van der Waals surface area contributed by atoms with Crippen molar-refractivity contribution in [3.63, 3.8) is 0 Å². The second kappa shape index (κ2) is 5.97. The van der Waals surface area contributed by atoms with Crippen molar-refractivity contribution in [3.8, 4) is 0 Å². The molecule has 0 N–H and O–H groups in total. The number of hydrogen-bond acceptors (Lipinski definition) is 4. The average molecular weight is 304 g/mol. The van der Waals surface area contributed by atoms with Gasteiger partial charge in [0, 0.05) is 39.0 Å².